The lowest BCUT2D eigenvalue weighted by Gasteiger charge is -2.44. The van der Waals surface area contributed by atoms with Crippen molar-refractivity contribution >= 4 is 0 Å². The summed E-state index contributed by atoms with van der Waals surface area (Å²) in [6.45, 7) is 12.4. The molecule has 1 saturated heterocycles. The van der Waals surface area contributed by atoms with Crippen molar-refractivity contribution in [3.8, 4) is 0 Å². The fourth-order valence-electron chi connectivity index (χ4n) is 2.90. The van der Waals surface area contributed by atoms with E-state index in [0.717, 1.165) is 45.1 Å². The first-order valence-corrected chi connectivity index (χ1v) is 7.63. The van der Waals surface area contributed by atoms with Crippen LogP contribution in [0.15, 0.2) is 0 Å². The zero-order chi connectivity index (χ0) is 13.4. The predicted octanol–water partition coefficient (Wildman–Crippen LogP) is 2.99. The second-order valence-corrected chi connectivity index (χ2v) is 5.47. The molecule has 0 aromatic rings. The second-order valence-electron chi connectivity index (χ2n) is 5.47. The van der Waals surface area contributed by atoms with Crippen molar-refractivity contribution in [2.45, 2.75) is 65.0 Å². The van der Waals surface area contributed by atoms with E-state index in [1.54, 1.807) is 0 Å². The van der Waals surface area contributed by atoms with Crippen LogP contribution in [0, 0.1) is 5.92 Å². The monoisotopic (exact) mass is 257 g/mol. The molecule has 108 valence electrons. The third kappa shape index (κ3) is 4.22. The summed E-state index contributed by atoms with van der Waals surface area (Å²) >= 11 is 0. The van der Waals surface area contributed by atoms with E-state index in [-0.39, 0.29) is 5.60 Å². The van der Waals surface area contributed by atoms with Crippen molar-refractivity contribution in [2.24, 2.45) is 5.92 Å². The van der Waals surface area contributed by atoms with Crippen LogP contribution in [0.1, 0.15) is 53.4 Å². The minimum atomic E-state index is -0.00750. The van der Waals surface area contributed by atoms with Gasteiger partial charge in [-0.25, -0.2) is 0 Å². The molecule has 0 spiro atoms. The summed E-state index contributed by atoms with van der Waals surface area (Å²) in [4.78, 5) is 0. The van der Waals surface area contributed by atoms with Gasteiger partial charge in [-0.05, 0) is 25.8 Å². The van der Waals surface area contributed by atoms with Crippen molar-refractivity contribution in [3.05, 3.63) is 0 Å². The van der Waals surface area contributed by atoms with Crippen LogP contribution in [0.2, 0.25) is 0 Å². The summed E-state index contributed by atoms with van der Waals surface area (Å²) < 4.78 is 11.7. The molecule has 2 atom stereocenters. The topological polar surface area (TPSA) is 30.5 Å². The minimum absolute atomic E-state index is 0.00750. The van der Waals surface area contributed by atoms with Gasteiger partial charge in [-0.3, -0.25) is 0 Å². The summed E-state index contributed by atoms with van der Waals surface area (Å²) in [6.07, 6.45) is 4.48. The molecule has 1 aliphatic heterocycles. The Labute approximate surface area is 113 Å². The molecular weight excluding hydrogens is 226 g/mol. The van der Waals surface area contributed by atoms with Gasteiger partial charge >= 0.3 is 0 Å². The van der Waals surface area contributed by atoms with Gasteiger partial charge in [0.05, 0.1) is 5.60 Å². The van der Waals surface area contributed by atoms with Crippen LogP contribution >= 0.6 is 0 Å². The Morgan fingerprint density at radius 2 is 1.89 bits per heavy atom. The van der Waals surface area contributed by atoms with E-state index in [9.17, 15) is 0 Å². The summed E-state index contributed by atoms with van der Waals surface area (Å²) in [5.41, 5.74) is -0.00750. The van der Waals surface area contributed by atoms with Crippen LogP contribution in [0.5, 0.6) is 0 Å². The molecule has 0 radical (unpaired) electrons. The van der Waals surface area contributed by atoms with E-state index in [1.165, 1.54) is 12.8 Å². The lowest BCUT2D eigenvalue weighted by molar-refractivity contribution is -0.129. The molecule has 18 heavy (non-hydrogen) atoms. The Morgan fingerprint density at radius 1 is 1.22 bits per heavy atom. The fraction of sp³-hybridized carbons (Fsp3) is 1.00. The third-order valence-corrected chi connectivity index (χ3v) is 4.19. The predicted molar refractivity (Wildman–Crippen MR) is 75.9 cm³/mol. The highest BCUT2D eigenvalue weighted by Gasteiger charge is 2.41. The fourth-order valence-corrected chi connectivity index (χ4v) is 2.90. The number of nitrogens with one attached hydrogen (secondary N) is 1. The third-order valence-electron chi connectivity index (χ3n) is 4.19. The Balaban J connectivity index is 2.75. The molecule has 1 fully saturated rings. The summed E-state index contributed by atoms with van der Waals surface area (Å²) in [7, 11) is 0. The highest BCUT2D eigenvalue weighted by Crippen LogP contribution is 2.32. The summed E-state index contributed by atoms with van der Waals surface area (Å²) in [5, 5.41) is 3.66. The molecule has 0 aromatic heterocycles. The molecule has 1 heterocycles. The number of hydrogen-bond acceptors (Lipinski definition) is 3. The van der Waals surface area contributed by atoms with Crippen molar-refractivity contribution < 1.29 is 9.47 Å². The van der Waals surface area contributed by atoms with Crippen molar-refractivity contribution in [1.29, 1.82) is 0 Å². The molecular formula is C15H31NO2. The average Bonchev–Trinajstić information content (AvgIpc) is 2.39. The van der Waals surface area contributed by atoms with Crippen LogP contribution in [0.3, 0.4) is 0 Å². The molecule has 0 aliphatic carbocycles. The number of likely N-dealkylation sites (N-methyl/N-ethyl adjacent to an activating group) is 1. The number of ether oxygens (including phenoxy) is 2. The molecule has 1 N–H and O–H groups in total. The van der Waals surface area contributed by atoms with E-state index in [2.05, 4.69) is 33.0 Å². The lowest BCUT2D eigenvalue weighted by Crippen LogP contribution is -2.56. The first kappa shape index (κ1) is 15.9. The Hall–Kier alpha value is -0.120. The van der Waals surface area contributed by atoms with Crippen LogP contribution in [-0.2, 0) is 9.47 Å². The lowest BCUT2D eigenvalue weighted by atomic mass is 9.81. The standard InChI is InChI=1S/C15H31NO2/c1-5-13(4)12-14(16-6-2)15(18-7-3)8-10-17-11-9-15/h13-14,16H,5-12H2,1-4H3. The smallest absolute Gasteiger partial charge is 0.0878 e. The van der Waals surface area contributed by atoms with Crippen LogP contribution < -0.4 is 5.32 Å². The van der Waals surface area contributed by atoms with Crippen molar-refractivity contribution in [2.75, 3.05) is 26.4 Å². The first-order chi connectivity index (χ1) is 8.68. The highest BCUT2D eigenvalue weighted by atomic mass is 16.5. The molecule has 2 unspecified atom stereocenters. The van der Waals surface area contributed by atoms with Crippen LogP contribution in [0.25, 0.3) is 0 Å². The zero-order valence-corrected chi connectivity index (χ0v) is 12.6. The molecule has 0 aromatic carbocycles. The Kier molecular flexibility index (Phi) is 7.20. The van der Waals surface area contributed by atoms with Gasteiger partial charge in [0.1, 0.15) is 0 Å². The van der Waals surface area contributed by atoms with Gasteiger partial charge in [-0.1, -0.05) is 27.2 Å². The van der Waals surface area contributed by atoms with Crippen molar-refractivity contribution in [1.82, 2.24) is 5.32 Å². The van der Waals surface area contributed by atoms with E-state index < -0.39 is 0 Å². The SMILES string of the molecule is CCNC(CC(C)CC)C1(OCC)CCOCC1. The molecule has 3 heteroatoms. The average molecular weight is 257 g/mol. The van der Waals surface area contributed by atoms with Gasteiger partial charge in [0, 0.05) is 38.7 Å². The maximum atomic E-state index is 6.19. The van der Waals surface area contributed by atoms with E-state index >= 15 is 0 Å². The Morgan fingerprint density at radius 3 is 2.39 bits per heavy atom. The zero-order valence-electron chi connectivity index (χ0n) is 12.6. The number of hydrogen-bond donors (Lipinski definition) is 1. The summed E-state index contributed by atoms with van der Waals surface area (Å²) in [5.74, 6) is 0.745. The molecule has 1 aliphatic rings. The summed E-state index contributed by atoms with van der Waals surface area (Å²) in [6, 6.07) is 0.460. The van der Waals surface area contributed by atoms with Crippen LogP contribution in [-0.4, -0.2) is 38.0 Å². The van der Waals surface area contributed by atoms with Gasteiger partial charge < -0.3 is 14.8 Å². The van der Waals surface area contributed by atoms with Gasteiger partial charge in [-0.15, -0.1) is 0 Å². The van der Waals surface area contributed by atoms with Crippen LogP contribution in [0.4, 0.5) is 0 Å². The van der Waals surface area contributed by atoms with E-state index in [4.69, 9.17) is 9.47 Å². The van der Waals surface area contributed by atoms with E-state index in [0.29, 0.717) is 6.04 Å². The Bertz CT molecular complexity index is 209. The van der Waals surface area contributed by atoms with Gasteiger partial charge in [0.2, 0.25) is 0 Å². The van der Waals surface area contributed by atoms with Gasteiger partial charge in [0.15, 0.2) is 0 Å². The second kappa shape index (κ2) is 8.13. The maximum absolute atomic E-state index is 6.19. The minimum Gasteiger partial charge on any atom is -0.381 e. The number of rotatable bonds is 8. The van der Waals surface area contributed by atoms with Crippen molar-refractivity contribution in [3.63, 3.8) is 0 Å². The largest absolute Gasteiger partial charge is 0.381 e. The van der Waals surface area contributed by atoms with Gasteiger partial charge in [0.25, 0.3) is 0 Å². The molecule has 3 nitrogen and oxygen atoms in total. The molecule has 0 bridgehead atoms. The maximum Gasteiger partial charge on any atom is 0.0878 e. The van der Waals surface area contributed by atoms with E-state index in [1.807, 2.05) is 0 Å². The van der Waals surface area contributed by atoms with Gasteiger partial charge in [-0.2, -0.15) is 0 Å². The quantitative estimate of drug-likeness (QED) is 0.725. The molecule has 0 saturated carbocycles. The molecule has 0 amide bonds. The first-order valence-electron chi connectivity index (χ1n) is 7.63. The highest BCUT2D eigenvalue weighted by molar-refractivity contribution is 4.95. The molecule has 1 rings (SSSR count). The normalized spacial score (nSPS) is 22.7.